The van der Waals surface area contributed by atoms with Crippen molar-refractivity contribution in [3.63, 3.8) is 0 Å². The Hall–Kier alpha value is -1.46. The SMILES string of the molecule is Nc1cc2oc(N3CCNCC3)nc2cc1Cl. The van der Waals surface area contributed by atoms with E-state index in [-0.39, 0.29) is 0 Å². The summed E-state index contributed by atoms with van der Waals surface area (Å²) in [4.78, 5) is 6.54. The lowest BCUT2D eigenvalue weighted by molar-refractivity contribution is 0.517. The van der Waals surface area contributed by atoms with Crippen LogP contribution in [0, 0.1) is 0 Å². The van der Waals surface area contributed by atoms with Gasteiger partial charge >= 0.3 is 0 Å². The Labute approximate surface area is 104 Å². The van der Waals surface area contributed by atoms with E-state index in [2.05, 4.69) is 15.2 Å². The molecule has 1 aliphatic rings. The number of piperazine rings is 1. The first-order valence-corrected chi connectivity index (χ1v) is 5.93. The third kappa shape index (κ3) is 1.92. The van der Waals surface area contributed by atoms with E-state index in [0.29, 0.717) is 22.3 Å². The molecular weight excluding hydrogens is 240 g/mol. The first-order valence-electron chi connectivity index (χ1n) is 5.55. The highest BCUT2D eigenvalue weighted by Gasteiger charge is 2.17. The Kier molecular flexibility index (Phi) is 2.57. The van der Waals surface area contributed by atoms with Gasteiger partial charge < -0.3 is 20.4 Å². The standard InChI is InChI=1S/C11H13ClN4O/c12-7-5-9-10(6-8(7)13)17-11(15-9)16-3-1-14-2-4-16/h5-6,14H,1-4,13H2. The Morgan fingerprint density at radius 2 is 2.12 bits per heavy atom. The zero-order chi connectivity index (χ0) is 11.8. The molecule has 0 unspecified atom stereocenters. The topological polar surface area (TPSA) is 67.3 Å². The maximum absolute atomic E-state index is 5.95. The van der Waals surface area contributed by atoms with Crippen LogP contribution in [-0.2, 0) is 0 Å². The Bertz CT molecular complexity index is 509. The Morgan fingerprint density at radius 1 is 1.35 bits per heavy atom. The van der Waals surface area contributed by atoms with Crippen LogP contribution in [-0.4, -0.2) is 31.2 Å². The van der Waals surface area contributed by atoms with Gasteiger partial charge in [-0.3, -0.25) is 0 Å². The summed E-state index contributed by atoms with van der Waals surface area (Å²) < 4.78 is 5.69. The van der Waals surface area contributed by atoms with Crippen LogP contribution < -0.4 is 16.0 Å². The van der Waals surface area contributed by atoms with Crippen molar-refractivity contribution in [2.24, 2.45) is 0 Å². The van der Waals surface area contributed by atoms with Gasteiger partial charge in [-0.2, -0.15) is 4.98 Å². The second-order valence-corrected chi connectivity index (χ2v) is 4.48. The maximum Gasteiger partial charge on any atom is 0.298 e. The van der Waals surface area contributed by atoms with E-state index < -0.39 is 0 Å². The predicted octanol–water partition coefficient (Wildman–Crippen LogP) is 1.47. The molecule has 90 valence electrons. The number of hydrogen-bond acceptors (Lipinski definition) is 5. The van der Waals surface area contributed by atoms with Gasteiger partial charge in [-0.25, -0.2) is 0 Å². The van der Waals surface area contributed by atoms with E-state index in [1.54, 1.807) is 12.1 Å². The van der Waals surface area contributed by atoms with Crippen LogP contribution >= 0.6 is 11.6 Å². The third-order valence-corrected chi connectivity index (χ3v) is 3.21. The molecule has 1 fully saturated rings. The second kappa shape index (κ2) is 4.09. The molecule has 5 nitrogen and oxygen atoms in total. The first-order chi connectivity index (χ1) is 8.24. The molecule has 0 amide bonds. The summed E-state index contributed by atoms with van der Waals surface area (Å²) in [5.41, 5.74) is 7.68. The molecular formula is C11H13ClN4O. The van der Waals surface area contributed by atoms with Gasteiger partial charge in [0, 0.05) is 32.2 Å². The number of hydrogen-bond donors (Lipinski definition) is 2. The molecule has 2 heterocycles. The average Bonchev–Trinajstić information content (AvgIpc) is 2.74. The maximum atomic E-state index is 5.95. The van der Waals surface area contributed by atoms with Crippen molar-refractivity contribution in [1.82, 2.24) is 10.3 Å². The second-order valence-electron chi connectivity index (χ2n) is 4.07. The van der Waals surface area contributed by atoms with Crippen molar-refractivity contribution in [2.45, 2.75) is 0 Å². The van der Waals surface area contributed by atoms with Crippen LogP contribution in [0.3, 0.4) is 0 Å². The van der Waals surface area contributed by atoms with Gasteiger partial charge in [-0.05, 0) is 6.07 Å². The van der Waals surface area contributed by atoms with Crippen molar-refractivity contribution in [3.05, 3.63) is 17.2 Å². The van der Waals surface area contributed by atoms with Gasteiger partial charge in [0.15, 0.2) is 5.58 Å². The van der Waals surface area contributed by atoms with Gasteiger partial charge in [0.1, 0.15) is 5.52 Å². The van der Waals surface area contributed by atoms with Crippen LogP contribution in [0.5, 0.6) is 0 Å². The molecule has 0 spiro atoms. The van der Waals surface area contributed by atoms with Gasteiger partial charge in [-0.1, -0.05) is 11.6 Å². The molecule has 0 saturated carbocycles. The number of rotatable bonds is 1. The van der Waals surface area contributed by atoms with Gasteiger partial charge in [0.05, 0.1) is 10.7 Å². The van der Waals surface area contributed by atoms with Gasteiger partial charge in [0.25, 0.3) is 6.01 Å². The van der Waals surface area contributed by atoms with Crippen LogP contribution in [0.15, 0.2) is 16.5 Å². The molecule has 0 atom stereocenters. The summed E-state index contributed by atoms with van der Waals surface area (Å²) in [5, 5.41) is 3.80. The van der Waals surface area contributed by atoms with Gasteiger partial charge in [-0.15, -0.1) is 0 Å². The Morgan fingerprint density at radius 3 is 2.88 bits per heavy atom. The number of fused-ring (bicyclic) bond motifs is 1. The lowest BCUT2D eigenvalue weighted by atomic mass is 10.3. The number of anilines is 2. The third-order valence-electron chi connectivity index (χ3n) is 2.88. The smallest absolute Gasteiger partial charge is 0.298 e. The van der Waals surface area contributed by atoms with Crippen LogP contribution in [0.1, 0.15) is 0 Å². The van der Waals surface area contributed by atoms with E-state index in [0.717, 1.165) is 31.7 Å². The molecule has 2 aromatic rings. The molecule has 0 radical (unpaired) electrons. The molecule has 3 N–H and O–H groups in total. The fraction of sp³-hybridized carbons (Fsp3) is 0.364. The summed E-state index contributed by atoms with van der Waals surface area (Å²) in [6, 6.07) is 4.10. The quantitative estimate of drug-likeness (QED) is 0.753. The van der Waals surface area contributed by atoms with Crippen molar-refractivity contribution >= 4 is 34.4 Å². The normalized spacial score (nSPS) is 16.6. The molecule has 1 aromatic carbocycles. The van der Waals surface area contributed by atoms with Crippen molar-refractivity contribution in [1.29, 1.82) is 0 Å². The van der Waals surface area contributed by atoms with Crippen molar-refractivity contribution in [2.75, 3.05) is 36.8 Å². The van der Waals surface area contributed by atoms with E-state index in [9.17, 15) is 0 Å². The summed E-state index contributed by atoms with van der Waals surface area (Å²) in [6.45, 7) is 3.69. The molecule has 1 saturated heterocycles. The highest BCUT2D eigenvalue weighted by molar-refractivity contribution is 6.33. The zero-order valence-corrected chi connectivity index (χ0v) is 10.00. The zero-order valence-electron chi connectivity index (χ0n) is 9.24. The minimum atomic E-state index is 0.512. The lowest BCUT2D eigenvalue weighted by Crippen LogP contribution is -2.43. The molecule has 0 aliphatic carbocycles. The van der Waals surface area contributed by atoms with Crippen LogP contribution in [0.25, 0.3) is 11.1 Å². The van der Waals surface area contributed by atoms with Crippen LogP contribution in [0.2, 0.25) is 5.02 Å². The minimum absolute atomic E-state index is 0.512. The molecule has 3 rings (SSSR count). The van der Waals surface area contributed by atoms with E-state index in [1.165, 1.54) is 0 Å². The molecule has 1 aliphatic heterocycles. The molecule has 0 bridgehead atoms. The molecule has 17 heavy (non-hydrogen) atoms. The number of oxazole rings is 1. The fourth-order valence-corrected chi connectivity index (χ4v) is 2.10. The molecule has 1 aromatic heterocycles. The number of nitrogens with two attached hydrogens (primary N) is 1. The monoisotopic (exact) mass is 252 g/mol. The van der Waals surface area contributed by atoms with Gasteiger partial charge in [0.2, 0.25) is 0 Å². The van der Waals surface area contributed by atoms with Crippen molar-refractivity contribution in [3.8, 4) is 0 Å². The number of nitrogens with one attached hydrogen (secondary N) is 1. The Balaban J connectivity index is 2.00. The summed E-state index contributed by atoms with van der Waals surface area (Å²) in [7, 11) is 0. The summed E-state index contributed by atoms with van der Waals surface area (Å²) in [5.74, 6) is 0. The van der Waals surface area contributed by atoms with E-state index in [4.69, 9.17) is 21.8 Å². The highest BCUT2D eigenvalue weighted by Crippen LogP contribution is 2.28. The highest BCUT2D eigenvalue weighted by atomic mass is 35.5. The number of aromatic nitrogens is 1. The van der Waals surface area contributed by atoms with Crippen LogP contribution in [0.4, 0.5) is 11.7 Å². The van der Waals surface area contributed by atoms with E-state index in [1.807, 2.05) is 0 Å². The number of nitrogen functional groups attached to an aromatic ring is 1. The largest absolute Gasteiger partial charge is 0.423 e. The van der Waals surface area contributed by atoms with E-state index >= 15 is 0 Å². The summed E-state index contributed by atoms with van der Waals surface area (Å²) in [6.07, 6.45) is 0. The fourth-order valence-electron chi connectivity index (χ4n) is 1.94. The lowest BCUT2D eigenvalue weighted by Gasteiger charge is -2.25. The number of nitrogens with zero attached hydrogens (tertiary/aromatic N) is 2. The number of halogens is 1. The summed E-state index contributed by atoms with van der Waals surface area (Å²) >= 11 is 5.95. The van der Waals surface area contributed by atoms with Crippen molar-refractivity contribution < 1.29 is 4.42 Å². The minimum Gasteiger partial charge on any atom is -0.423 e. The predicted molar refractivity (Wildman–Crippen MR) is 68.5 cm³/mol. The average molecular weight is 253 g/mol. The molecule has 6 heteroatoms. The first kappa shape index (κ1) is 10.7. The number of benzene rings is 1.